The standard InChI is InChI=1S/C17H19NO2/c1-11-5-4-6-12(2)16(11)10-20-17(19)15-8-7-14(18)9-13(15)3/h4-9H,10,18H2,1-3H3. The van der Waals surface area contributed by atoms with Crippen molar-refractivity contribution in [2.75, 3.05) is 5.73 Å². The van der Waals surface area contributed by atoms with Crippen LogP contribution in [0, 0.1) is 20.8 Å². The fourth-order valence-electron chi connectivity index (χ4n) is 2.21. The van der Waals surface area contributed by atoms with Gasteiger partial charge in [0.1, 0.15) is 6.61 Å². The van der Waals surface area contributed by atoms with E-state index >= 15 is 0 Å². The maximum atomic E-state index is 12.1. The van der Waals surface area contributed by atoms with Gasteiger partial charge in [0.2, 0.25) is 0 Å². The molecule has 0 aliphatic carbocycles. The van der Waals surface area contributed by atoms with Crippen LogP contribution in [0.4, 0.5) is 5.69 Å². The quantitative estimate of drug-likeness (QED) is 0.684. The maximum absolute atomic E-state index is 12.1. The molecule has 0 spiro atoms. The van der Waals surface area contributed by atoms with Crippen LogP contribution in [0.5, 0.6) is 0 Å². The molecule has 0 amide bonds. The van der Waals surface area contributed by atoms with Crippen LogP contribution < -0.4 is 5.73 Å². The summed E-state index contributed by atoms with van der Waals surface area (Å²) < 4.78 is 5.42. The Morgan fingerprint density at radius 2 is 1.70 bits per heavy atom. The highest BCUT2D eigenvalue weighted by Crippen LogP contribution is 2.17. The van der Waals surface area contributed by atoms with E-state index in [1.54, 1.807) is 18.2 Å². The number of anilines is 1. The number of hydrogen-bond donors (Lipinski definition) is 1. The molecular weight excluding hydrogens is 250 g/mol. The number of rotatable bonds is 3. The molecule has 3 heteroatoms. The van der Waals surface area contributed by atoms with E-state index in [4.69, 9.17) is 10.5 Å². The first-order valence-corrected chi connectivity index (χ1v) is 6.57. The third kappa shape index (κ3) is 2.99. The second-order valence-electron chi connectivity index (χ2n) is 5.02. The van der Waals surface area contributed by atoms with Crippen molar-refractivity contribution in [3.63, 3.8) is 0 Å². The molecule has 2 N–H and O–H groups in total. The number of ether oxygens (including phenoxy) is 1. The highest BCUT2D eigenvalue weighted by atomic mass is 16.5. The minimum atomic E-state index is -0.315. The molecule has 0 saturated heterocycles. The molecule has 0 fully saturated rings. The first-order valence-electron chi connectivity index (χ1n) is 6.57. The molecule has 0 saturated carbocycles. The minimum Gasteiger partial charge on any atom is -0.457 e. The van der Waals surface area contributed by atoms with Crippen molar-refractivity contribution in [3.05, 3.63) is 64.2 Å². The smallest absolute Gasteiger partial charge is 0.338 e. The normalized spacial score (nSPS) is 10.3. The van der Waals surface area contributed by atoms with Crippen LogP contribution in [0.15, 0.2) is 36.4 Å². The Labute approximate surface area is 119 Å². The van der Waals surface area contributed by atoms with Crippen LogP contribution in [0.2, 0.25) is 0 Å². The monoisotopic (exact) mass is 269 g/mol. The first-order chi connectivity index (χ1) is 9.49. The van der Waals surface area contributed by atoms with Crippen LogP contribution in [0.25, 0.3) is 0 Å². The van der Waals surface area contributed by atoms with Gasteiger partial charge < -0.3 is 10.5 Å². The number of esters is 1. The zero-order valence-electron chi connectivity index (χ0n) is 12.1. The number of benzene rings is 2. The Kier molecular flexibility index (Phi) is 4.08. The molecule has 2 rings (SSSR count). The largest absolute Gasteiger partial charge is 0.457 e. The molecular formula is C17H19NO2. The van der Waals surface area contributed by atoms with Crippen molar-refractivity contribution >= 4 is 11.7 Å². The highest BCUT2D eigenvalue weighted by molar-refractivity contribution is 5.91. The first kappa shape index (κ1) is 14.1. The van der Waals surface area contributed by atoms with Crippen molar-refractivity contribution < 1.29 is 9.53 Å². The lowest BCUT2D eigenvalue weighted by atomic mass is 10.0. The average Bonchev–Trinajstić information content (AvgIpc) is 2.37. The molecule has 0 radical (unpaired) electrons. The van der Waals surface area contributed by atoms with E-state index in [-0.39, 0.29) is 5.97 Å². The minimum absolute atomic E-state index is 0.293. The van der Waals surface area contributed by atoms with E-state index < -0.39 is 0 Å². The van der Waals surface area contributed by atoms with Gasteiger partial charge in [0.15, 0.2) is 0 Å². The van der Waals surface area contributed by atoms with Crippen molar-refractivity contribution in [2.45, 2.75) is 27.4 Å². The number of carbonyl (C=O) groups excluding carboxylic acids is 1. The van der Waals surface area contributed by atoms with Gasteiger partial charge in [-0.2, -0.15) is 0 Å². The fraction of sp³-hybridized carbons (Fsp3) is 0.235. The number of nitrogen functional groups attached to an aromatic ring is 1. The molecule has 2 aromatic carbocycles. The molecule has 0 atom stereocenters. The van der Waals surface area contributed by atoms with E-state index in [0.717, 1.165) is 22.3 Å². The van der Waals surface area contributed by atoms with E-state index in [2.05, 4.69) is 0 Å². The predicted molar refractivity (Wildman–Crippen MR) is 80.6 cm³/mol. The molecule has 0 unspecified atom stereocenters. The highest BCUT2D eigenvalue weighted by Gasteiger charge is 2.12. The summed E-state index contributed by atoms with van der Waals surface area (Å²) in [6.45, 7) is 6.18. The van der Waals surface area contributed by atoms with E-state index in [9.17, 15) is 4.79 Å². The predicted octanol–water partition coefficient (Wildman–Crippen LogP) is 3.55. The van der Waals surface area contributed by atoms with E-state index in [0.29, 0.717) is 17.9 Å². The lowest BCUT2D eigenvalue weighted by molar-refractivity contribution is 0.0471. The van der Waals surface area contributed by atoms with Gasteiger partial charge in [-0.1, -0.05) is 18.2 Å². The average molecular weight is 269 g/mol. The summed E-state index contributed by atoms with van der Waals surface area (Å²) in [5.41, 5.74) is 11.0. The Bertz CT molecular complexity index is 627. The number of aryl methyl sites for hydroxylation is 3. The van der Waals surface area contributed by atoms with Gasteiger partial charge in [0.25, 0.3) is 0 Å². The van der Waals surface area contributed by atoms with Crippen molar-refractivity contribution in [1.29, 1.82) is 0 Å². The summed E-state index contributed by atoms with van der Waals surface area (Å²) in [7, 11) is 0. The summed E-state index contributed by atoms with van der Waals surface area (Å²) in [4.78, 5) is 12.1. The summed E-state index contributed by atoms with van der Waals surface area (Å²) >= 11 is 0. The zero-order chi connectivity index (χ0) is 14.7. The number of carbonyl (C=O) groups is 1. The third-order valence-corrected chi connectivity index (χ3v) is 3.46. The maximum Gasteiger partial charge on any atom is 0.338 e. The van der Waals surface area contributed by atoms with Gasteiger partial charge in [0.05, 0.1) is 5.56 Å². The van der Waals surface area contributed by atoms with Gasteiger partial charge in [-0.15, -0.1) is 0 Å². The molecule has 0 bridgehead atoms. The second kappa shape index (κ2) is 5.78. The molecule has 104 valence electrons. The summed E-state index contributed by atoms with van der Waals surface area (Å²) in [5, 5.41) is 0. The molecule has 0 aliphatic heterocycles. The van der Waals surface area contributed by atoms with Gasteiger partial charge in [-0.05, 0) is 61.2 Å². The van der Waals surface area contributed by atoms with Gasteiger partial charge in [-0.25, -0.2) is 4.79 Å². The topological polar surface area (TPSA) is 52.3 Å². The molecule has 3 nitrogen and oxygen atoms in total. The lowest BCUT2D eigenvalue weighted by Crippen LogP contribution is -2.09. The zero-order valence-corrected chi connectivity index (χ0v) is 12.1. The van der Waals surface area contributed by atoms with E-state index in [1.807, 2.05) is 39.0 Å². The van der Waals surface area contributed by atoms with Crippen molar-refractivity contribution in [1.82, 2.24) is 0 Å². The van der Waals surface area contributed by atoms with Gasteiger partial charge in [0, 0.05) is 5.69 Å². The van der Waals surface area contributed by atoms with Crippen LogP contribution in [0.1, 0.15) is 32.6 Å². The van der Waals surface area contributed by atoms with Crippen molar-refractivity contribution in [2.24, 2.45) is 0 Å². The molecule has 0 heterocycles. The second-order valence-corrected chi connectivity index (χ2v) is 5.02. The van der Waals surface area contributed by atoms with E-state index in [1.165, 1.54) is 0 Å². The fourth-order valence-corrected chi connectivity index (χ4v) is 2.21. The Morgan fingerprint density at radius 3 is 2.30 bits per heavy atom. The summed E-state index contributed by atoms with van der Waals surface area (Å²) in [6.07, 6.45) is 0. The summed E-state index contributed by atoms with van der Waals surface area (Å²) in [5.74, 6) is -0.315. The van der Waals surface area contributed by atoms with Gasteiger partial charge in [-0.3, -0.25) is 0 Å². The number of nitrogens with two attached hydrogens (primary N) is 1. The molecule has 0 aromatic heterocycles. The van der Waals surface area contributed by atoms with Gasteiger partial charge >= 0.3 is 5.97 Å². The van der Waals surface area contributed by atoms with Crippen LogP contribution in [0.3, 0.4) is 0 Å². The Hall–Kier alpha value is -2.29. The van der Waals surface area contributed by atoms with Crippen LogP contribution >= 0.6 is 0 Å². The lowest BCUT2D eigenvalue weighted by Gasteiger charge is -2.11. The Morgan fingerprint density at radius 1 is 1.05 bits per heavy atom. The molecule has 20 heavy (non-hydrogen) atoms. The van der Waals surface area contributed by atoms with Crippen LogP contribution in [-0.2, 0) is 11.3 Å². The SMILES string of the molecule is Cc1cc(N)ccc1C(=O)OCc1c(C)cccc1C. The third-order valence-electron chi connectivity index (χ3n) is 3.46. The summed E-state index contributed by atoms with van der Waals surface area (Å²) in [6, 6.07) is 11.2. The van der Waals surface area contributed by atoms with Crippen molar-refractivity contribution in [3.8, 4) is 0 Å². The Balaban J connectivity index is 2.13. The number of hydrogen-bond acceptors (Lipinski definition) is 3. The molecule has 2 aromatic rings. The molecule has 0 aliphatic rings. The van der Waals surface area contributed by atoms with Crippen LogP contribution in [-0.4, -0.2) is 5.97 Å².